The molecule has 2 rings (SSSR count). The molecule has 1 aromatic rings. The van der Waals surface area contributed by atoms with Crippen LogP contribution in [0.25, 0.3) is 5.73 Å². The van der Waals surface area contributed by atoms with E-state index in [4.69, 9.17) is 16.2 Å². The van der Waals surface area contributed by atoms with Gasteiger partial charge in [-0.05, 0) is 51.3 Å². The second-order valence-electron chi connectivity index (χ2n) is 6.00. The molecular weight excluding hydrogens is 528 g/mol. The van der Waals surface area contributed by atoms with Crippen LogP contribution in [0.5, 0.6) is 5.75 Å². The van der Waals surface area contributed by atoms with Crippen LogP contribution < -0.4 is 10.5 Å². The third-order valence-electron chi connectivity index (χ3n) is 3.77. The number of rotatable bonds is 2. The summed E-state index contributed by atoms with van der Waals surface area (Å²) in [7, 11) is -3.98. The van der Waals surface area contributed by atoms with Crippen molar-refractivity contribution in [3.8, 4) is 5.75 Å². The van der Waals surface area contributed by atoms with Gasteiger partial charge in [-0.2, -0.15) is 0 Å². The molecule has 3 N–H and O–H groups in total. The molecule has 0 aromatic heterocycles. The van der Waals surface area contributed by atoms with E-state index in [1.54, 1.807) is 13.8 Å². The minimum atomic E-state index is -3.98. The molecule has 1 aromatic carbocycles. The molecule has 0 saturated heterocycles. The van der Waals surface area contributed by atoms with Gasteiger partial charge in [-0.1, -0.05) is 0 Å². The van der Waals surface area contributed by atoms with Gasteiger partial charge in [0.25, 0.3) is 0 Å². The number of hydrogen-bond donors (Lipinski definition) is 1. The average molecular weight is 548 g/mol. The quantitative estimate of drug-likeness (QED) is 0.453. The fraction of sp³-hybridized carbons (Fsp3) is 0.500. The zero-order valence-electron chi connectivity index (χ0n) is 13.4. The summed E-state index contributed by atoms with van der Waals surface area (Å²) in [5.41, 5.74) is 14.8. The average Bonchev–Trinajstić information content (AvgIpc) is 2.61. The van der Waals surface area contributed by atoms with E-state index in [-0.39, 0.29) is 41.6 Å². The van der Waals surface area contributed by atoms with Crippen LogP contribution in [0, 0.1) is 51.9 Å². The topological polar surface area (TPSA) is 106 Å². The van der Waals surface area contributed by atoms with Crippen molar-refractivity contribution < 1.29 is 44.3 Å². The van der Waals surface area contributed by atoms with Gasteiger partial charge in [-0.3, -0.25) is 4.40 Å². The molecule has 0 spiro atoms. The number of benzene rings is 1. The van der Waals surface area contributed by atoms with Crippen LogP contribution in [-0.2, 0) is 16.4 Å². The van der Waals surface area contributed by atoms with Crippen LogP contribution in [0.3, 0.4) is 0 Å². The Morgan fingerprint density at radius 1 is 1.23 bits per heavy atom. The monoisotopic (exact) mass is 548 g/mol. The maximum atomic E-state index is 12.4. The largest absolute Gasteiger partial charge is 0.487 e. The van der Waals surface area contributed by atoms with Gasteiger partial charge in [0.1, 0.15) is 11.4 Å². The van der Waals surface area contributed by atoms with E-state index in [9.17, 15) is 8.42 Å². The molecule has 120 valence electrons. The molecule has 0 aliphatic carbocycles. The van der Waals surface area contributed by atoms with Crippen LogP contribution in [-0.4, -0.2) is 20.0 Å². The Morgan fingerprint density at radius 2 is 1.77 bits per heavy atom. The van der Waals surface area contributed by atoms with Crippen molar-refractivity contribution >= 4 is 16.0 Å². The number of sulfonamides is 1. The van der Waals surface area contributed by atoms with Gasteiger partial charge >= 0.3 is 0 Å². The molecule has 0 atom stereocenters. The number of nitrogens with two attached hydrogens (primary N) is 1. The summed E-state index contributed by atoms with van der Waals surface area (Å²) in [4.78, 5) is 0.134. The van der Waals surface area contributed by atoms with E-state index in [2.05, 4.69) is 4.40 Å². The molecule has 0 amide bonds. The first-order chi connectivity index (χ1) is 9.46. The third kappa shape index (κ3) is 3.29. The van der Waals surface area contributed by atoms with E-state index in [1.807, 2.05) is 20.8 Å². The number of nitrogens with zero attached hydrogens (tertiary/aromatic N) is 1. The minimum absolute atomic E-state index is 0. The van der Waals surface area contributed by atoms with Gasteiger partial charge in [-0.25, -0.2) is 8.42 Å². The number of hydrogen-bond acceptors (Lipinski definition) is 3. The van der Waals surface area contributed by atoms with Crippen LogP contribution >= 0.6 is 0 Å². The van der Waals surface area contributed by atoms with Crippen molar-refractivity contribution in [3.63, 3.8) is 0 Å². The summed E-state index contributed by atoms with van der Waals surface area (Å²) < 4.78 is 34.0. The van der Waals surface area contributed by atoms with Crippen molar-refractivity contribution in [3.05, 3.63) is 28.0 Å². The Kier molecular flexibility index (Phi) is 5.33. The van der Waals surface area contributed by atoms with Crippen LogP contribution in [0.1, 0.15) is 36.1 Å². The fourth-order valence-corrected chi connectivity index (χ4v) is 4.21. The number of fused-ring (bicyclic) bond motifs is 1. The SMILES string of the molecule is Cc1c(C)c(S(=O)(=O)N=C([NH-])N)c(C)c2c1OC(C)(C)C2.[U]. The zero-order chi connectivity index (χ0) is 16.2. The second-order valence-corrected chi connectivity index (χ2v) is 7.54. The molecular formula is C14H20N3O3SU-. The summed E-state index contributed by atoms with van der Waals surface area (Å²) in [5.74, 6) is 0.0420. The maximum Gasteiger partial charge on any atom is 0.229 e. The Balaban J connectivity index is 0.00000242. The summed E-state index contributed by atoms with van der Waals surface area (Å²) in [6.07, 6.45) is 0.637. The fourth-order valence-electron chi connectivity index (χ4n) is 2.81. The van der Waals surface area contributed by atoms with Crippen molar-refractivity contribution in [2.75, 3.05) is 0 Å². The number of guanidine groups is 1. The smallest absolute Gasteiger partial charge is 0.229 e. The molecule has 1 aliphatic heterocycles. The summed E-state index contributed by atoms with van der Waals surface area (Å²) in [6.45, 7) is 9.24. The molecule has 1 heterocycles. The minimum Gasteiger partial charge on any atom is -0.487 e. The van der Waals surface area contributed by atoms with Gasteiger partial charge in [0.05, 0.1) is 4.90 Å². The van der Waals surface area contributed by atoms with E-state index < -0.39 is 16.0 Å². The van der Waals surface area contributed by atoms with Crippen LogP contribution in [0.4, 0.5) is 0 Å². The first kappa shape index (κ1) is 19.3. The van der Waals surface area contributed by atoms with Gasteiger partial charge in [0.15, 0.2) is 0 Å². The standard InChI is InChI=1S/C14H20N3O3S.U/c1-7-8(2)12(21(18,19)17-13(15)16)9(3)10-6-14(4,5)20-11(7)10;/h6H2,1-5H3,(H3-,15,16,17);/q-1;. The Bertz CT molecular complexity index is 751. The Hall–Kier alpha value is -0.708. The summed E-state index contributed by atoms with van der Waals surface area (Å²) >= 11 is 0. The second kappa shape index (κ2) is 6.06. The summed E-state index contributed by atoms with van der Waals surface area (Å²) in [5, 5.41) is 0. The first-order valence-electron chi connectivity index (χ1n) is 6.60. The molecule has 0 radical (unpaired) electrons. The van der Waals surface area contributed by atoms with Crippen LogP contribution in [0.15, 0.2) is 9.29 Å². The van der Waals surface area contributed by atoms with Gasteiger partial charge < -0.3 is 16.2 Å². The van der Waals surface area contributed by atoms with E-state index in [1.165, 1.54) is 0 Å². The molecule has 0 fully saturated rings. The van der Waals surface area contributed by atoms with Crippen LogP contribution in [0.2, 0.25) is 0 Å². The predicted octanol–water partition coefficient (Wildman–Crippen LogP) is 2.38. The molecule has 0 bridgehead atoms. The van der Waals surface area contributed by atoms with E-state index >= 15 is 0 Å². The molecule has 22 heavy (non-hydrogen) atoms. The number of nitrogens with one attached hydrogen (secondary N) is 1. The zero-order valence-corrected chi connectivity index (χ0v) is 18.3. The molecule has 8 heteroatoms. The predicted molar refractivity (Wildman–Crippen MR) is 82.2 cm³/mol. The van der Waals surface area contributed by atoms with Crippen molar-refractivity contribution in [1.29, 1.82) is 0 Å². The maximum absolute atomic E-state index is 12.4. The molecule has 6 nitrogen and oxygen atoms in total. The third-order valence-corrected chi connectivity index (χ3v) is 5.33. The normalized spacial score (nSPS) is 16.7. The summed E-state index contributed by atoms with van der Waals surface area (Å²) in [6, 6.07) is 0. The van der Waals surface area contributed by atoms with E-state index in [0.29, 0.717) is 17.5 Å². The van der Waals surface area contributed by atoms with Gasteiger partial charge in [-0.15, -0.1) is 0 Å². The molecule has 0 saturated carbocycles. The van der Waals surface area contributed by atoms with Crippen molar-refractivity contribution in [2.45, 2.75) is 51.5 Å². The Morgan fingerprint density at radius 3 is 2.27 bits per heavy atom. The number of ether oxygens (including phenoxy) is 1. The molecule has 1 aliphatic rings. The van der Waals surface area contributed by atoms with Crippen molar-refractivity contribution in [2.24, 2.45) is 10.1 Å². The first-order valence-corrected chi connectivity index (χ1v) is 8.04. The molecule has 0 unspecified atom stereocenters. The van der Waals surface area contributed by atoms with E-state index in [0.717, 1.165) is 16.9 Å². The Labute approximate surface area is 155 Å². The van der Waals surface area contributed by atoms with Crippen molar-refractivity contribution in [1.82, 2.24) is 0 Å². The van der Waals surface area contributed by atoms with Gasteiger partial charge in [0, 0.05) is 49.1 Å². The van der Waals surface area contributed by atoms with Gasteiger partial charge in [0.2, 0.25) is 10.0 Å².